The highest BCUT2D eigenvalue weighted by Gasteiger charge is 2.14. The fraction of sp³-hybridized carbons (Fsp3) is 0.182. The van der Waals surface area contributed by atoms with Crippen LogP contribution in [0.25, 0.3) is 0 Å². The van der Waals surface area contributed by atoms with E-state index >= 15 is 0 Å². The van der Waals surface area contributed by atoms with E-state index in [1.165, 1.54) is 6.20 Å². The lowest BCUT2D eigenvalue weighted by molar-refractivity contribution is 0.174. The van der Waals surface area contributed by atoms with Gasteiger partial charge in [0.05, 0.1) is 12.7 Å². The van der Waals surface area contributed by atoms with Gasteiger partial charge in [0.1, 0.15) is 10.8 Å². The summed E-state index contributed by atoms with van der Waals surface area (Å²) in [7, 11) is 0. The maximum absolute atomic E-state index is 5.84. The molecule has 0 bridgehead atoms. The summed E-state index contributed by atoms with van der Waals surface area (Å²) in [4.78, 5) is 0. The normalized spacial score (nSPS) is 13.0. The molecule has 1 aromatic heterocycles. The first kappa shape index (κ1) is 10.3. The van der Waals surface area contributed by atoms with Crippen molar-refractivity contribution in [3.63, 3.8) is 0 Å². The number of nitrogens with zero attached hydrogens (tertiary/aromatic N) is 2. The van der Waals surface area contributed by atoms with Crippen LogP contribution in [0.2, 0.25) is 5.02 Å². The molecule has 2 aromatic rings. The average Bonchev–Trinajstić information content (AvgIpc) is 2.90. The Morgan fingerprint density at radius 3 is 2.94 bits per heavy atom. The number of fused-ring (bicyclic) bond motifs is 1. The van der Waals surface area contributed by atoms with Gasteiger partial charge in [-0.25, -0.2) is 4.68 Å². The van der Waals surface area contributed by atoms with Crippen LogP contribution < -0.4 is 15.2 Å². The van der Waals surface area contributed by atoms with Crippen LogP contribution in [0.4, 0.5) is 5.82 Å². The van der Waals surface area contributed by atoms with E-state index in [1.54, 1.807) is 4.68 Å². The average molecular weight is 252 g/mol. The number of nitrogen functional groups attached to an aromatic ring is 1. The number of hydrogen-bond donors (Lipinski definition) is 1. The highest BCUT2D eigenvalue weighted by atomic mass is 35.5. The minimum absolute atomic E-state index is 0.272. The fourth-order valence-electron chi connectivity index (χ4n) is 1.71. The Balaban J connectivity index is 1.88. The monoisotopic (exact) mass is 251 g/mol. The summed E-state index contributed by atoms with van der Waals surface area (Å²) in [5.41, 5.74) is 6.80. The molecule has 5 nitrogen and oxygen atoms in total. The third-order valence-corrected chi connectivity index (χ3v) is 2.89. The predicted octanol–water partition coefficient (Wildman–Crippen LogP) is 1.90. The standard InChI is InChI=1S/C11H10ClN3O2/c12-8-4-14-15(11(8)13)5-7-1-2-9-10(3-7)17-6-16-9/h1-4H,5-6,13H2. The Kier molecular flexibility index (Phi) is 2.33. The smallest absolute Gasteiger partial charge is 0.231 e. The summed E-state index contributed by atoms with van der Waals surface area (Å²) < 4.78 is 12.2. The fourth-order valence-corrected chi connectivity index (χ4v) is 1.85. The molecule has 6 heteroatoms. The molecule has 0 aliphatic carbocycles. The van der Waals surface area contributed by atoms with E-state index in [9.17, 15) is 0 Å². The molecule has 0 amide bonds. The van der Waals surface area contributed by atoms with Gasteiger partial charge in [-0.3, -0.25) is 0 Å². The molecule has 1 aromatic carbocycles. The van der Waals surface area contributed by atoms with E-state index in [0.717, 1.165) is 17.1 Å². The molecular formula is C11H10ClN3O2. The summed E-state index contributed by atoms with van der Waals surface area (Å²) in [6.45, 7) is 0.823. The minimum Gasteiger partial charge on any atom is -0.454 e. The number of hydrogen-bond acceptors (Lipinski definition) is 4. The van der Waals surface area contributed by atoms with Gasteiger partial charge in [0.2, 0.25) is 6.79 Å². The second-order valence-electron chi connectivity index (χ2n) is 3.72. The van der Waals surface area contributed by atoms with Gasteiger partial charge >= 0.3 is 0 Å². The van der Waals surface area contributed by atoms with Crippen molar-refractivity contribution in [1.82, 2.24) is 9.78 Å². The topological polar surface area (TPSA) is 62.3 Å². The van der Waals surface area contributed by atoms with Crippen molar-refractivity contribution in [3.8, 4) is 11.5 Å². The summed E-state index contributed by atoms with van der Waals surface area (Å²) >= 11 is 5.84. The number of benzene rings is 1. The lowest BCUT2D eigenvalue weighted by Crippen LogP contribution is -2.05. The van der Waals surface area contributed by atoms with Gasteiger partial charge in [-0.05, 0) is 17.7 Å². The first-order valence-electron chi connectivity index (χ1n) is 5.09. The second kappa shape index (κ2) is 3.85. The number of halogens is 1. The van der Waals surface area contributed by atoms with Crippen LogP contribution in [0, 0.1) is 0 Å². The first-order chi connectivity index (χ1) is 8.24. The van der Waals surface area contributed by atoms with Gasteiger partial charge in [-0.2, -0.15) is 5.10 Å². The van der Waals surface area contributed by atoms with Gasteiger partial charge < -0.3 is 15.2 Å². The van der Waals surface area contributed by atoms with E-state index in [0.29, 0.717) is 17.4 Å². The molecule has 0 unspecified atom stereocenters. The van der Waals surface area contributed by atoms with Crippen LogP contribution in [0.5, 0.6) is 11.5 Å². The lowest BCUT2D eigenvalue weighted by atomic mass is 10.2. The largest absolute Gasteiger partial charge is 0.454 e. The highest BCUT2D eigenvalue weighted by molar-refractivity contribution is 6.32. The molecular weight excluding hydrogens is 242 g/mol. The van der Waals surface area contributed by atoms with Gasteiger partial charge in [0.25, 0.3) is 0 Å². The van der Waals surface area contributed by atoms with Crippen LogP contribution in [0.1, 0.15) is 5.56 Å². The zero-order chi connectivity index (χ0) is 11.8. The molecule has 0 radical (unpaired) electrons. The molecule has 2 N–H and O–H groups in total. The zero-order valence-corrected chi connectivity index (χ0v) is 9.65. The summed E-state index contributed by atoms with van der Waals surface area (Å²) in [5.74, 6) is 1.98. The SMILES string of the molecule is Nc1c(Cl)cnn1Cc1ccc2c(c1)OCO2. The van der Waals surface area contributed by atoms with Gasteiger partial charge in [0, 0.05) is 0 Å². The molecule has 2 heterocycles. The van der Waals surface area contributed by atoms with Crippen LogP contribution in [0.15, 0.2) is 24.4 Å². The molecule has 88 valence electrons. The van der Waals surface area contributed by atoms with E-state index < -0.39 is 0 Å². The lowest BCUT2D eigenvalue weighted by Gasteiger charge is -2.05. The Bertz CT molecular complexity index is 568. The molecule has 3 rings (SSSR count). The van der Waals surface area contributed by atoms with Crippen LogP contribution in [-0.2, 0) is 6.54 Å². The van der Waals surface area contributed by atoms with Gasteiger partial charge in [-0.1, -0.05) is 17.7 Å². The zero-order valence-electron chi connectivity index (χ0n) is 8.89. The Morgan fingerprint density at radius 1 is 1.35 bits per heavy atom. The van der Waals surface area contributed by atoms with Crippen molar-refractivity contribution in [3.05, 3.63) is 35.0 Å². The van der Waals surface area contributed by atoms with Crippen molar-refractivity contribution in [2.45, 2.75) is 6.54 Å². The van der Waals surface area contributed by atoms with Crippen LogP contribution in [-0.4, -0.2) is 16.6 Å². The number of ether oxygens (including phenoxy) is 2. The van der Waals surface area contributed by atoms with Crippen molar-refractivity contribution >= 4 is 17.4 Å². The Labute approximate surface area is 103 Å². The number of anilines is 1. The summed E-state index contributed by atoms with van der Waals surface area (Å²) in [5, 5.41) is 4.56. The molecule has 0 fully saturated rings. The van der Waals surface area contributed by atoms with E-state index in [1.807, 2.05) is 18.2 Å². The summed E-state index contributed by atoms with van der Waals surface area (Å²) in [6.07, 6.45) is 1.53. The van der Waals surface area contributed by atoms with E-state index in [2.05, 4.69) is 5.10 Å². The van der Waals surface area contributed by atoms with Crippen LogP contribution in [0.3, 0.4) is 0 Å². The third kappa shape index (κ3) is 1.78. The van der Waals surface area contributed by atoms with Crippen molar-refractivity contribution in [2.75, 3.05) is 12.5 Å². The Morgan fingerprint density at radius 2 is 2.18 bits per heavy atom. The first-order valence-corrected chi connectivity index (χ1v) is 5.47. The maximum atomic E-state index is 5.84. The number of aromatic nitrogens is 2. The van der Waals surface area contributed by atoms with E-state index in [-0.39, 0.29) is 6.79 Å². The maximum Gasteiger partial charge on any atom is 0.231 e. The van der Waals surface area contributed by atoms with Crippen LogP contribution >= 0.6 is 11.6 Å². The van der Waals surface area contributed by atoms with E-state index in [4.69, 9.17) is 26.8 Å². The third-order valence-electron chi connectivity index (χ3n) is 2.60. The highest BCUT2D eigenvalue weighted by Crippen LogP contribution is 2.32. The molecule has 17 heavy (non-hydrogen) atoms. The predicted molar refractivity (Wildman–Crippen MR) is 63.3 cm³/mol. The molecule has 0 spiro atoms. The summed E-state index contributed by atoms with van der Waals surface area (Å²) in [6, 6.07) is 5.73. The van der Waals surface area contributed by atoms with Crippen molar-refractivity contribution < 1.29 is 9.47 Å². The van der Waals surface area contributed by atoms with Gasteiger partial charge in [-0.15, -0.1) is 0 Å². The Hall–Kier alpha value is -1.88. The molecule has 1 aliphatic heterocycles. The molecule has 1 aliphatic rings. The molecule has 0 atom stereocenters. The quantitative estimate of drug-likeness (QED) is 0.886. The number of nitrogens with two attached hydrogens (primary N) is 1. The van der Waals surface area contributed by atoms with Crippen molar-refractivity contribution in [1.29, 1.82) is 0 Å². The second-order valence-corrected chi connectivity index (χ2v) is 4.13. The molecule has 0 saturated heterocycles. The molecule has 0 saturated carbocycles. The number of rotatable bonds is 2. The van der Waals surface area contributed by atoms with Crippen molar-refractivity contribution in [2.24, 2.45) is 0 Å². The van der Waals surface area contributed by atoms with Gasteiger partial charge in [0.15, 0.2) is 11.5 Å². The minimum atomic E-state index is 0.272.